The Hall–Kier alpha value is -1.48. The van der Waals surface area contributed by atoms with Gasteiger partial charge < -0.3 is 55.9 Å². The lowest BCUT2D eigenvalue weighted by atomic mass is 9.86. The summed E-state index contributed by atoms with van der Waals surface area (Å²) in [6.45, 7) is 7.25. The lowest BCUT2D eigenvalue weighted by Gasteiger charge is -2.49. The number of carbonyl (C=O) groups is 3. The number of amides is 2. The molecule has 0 aliphatic carbocycles. The van der Waals surface area contributed by atoms with E-state index in [9.17, 15) is 34.8 Å². The van der Waals surface area contributed by atoms with Crippen LogP contribution in [-0.2, 0) is 28.6 Å². The van der Waals surface area contributed by atoms with Crippen molar-refractivity contribution in [2.45, 2.75) is 91.5 Å². The molecule has 0 aromatic heterocycles. The molecule has 1 unspecified atom stereocenters. The molecule has 6 rings (SSSR count). The summed E-state index contributed by atoms with van der Waals surface area (Å²) in [5.41, 5.74) is -1.16. The molecule has 8 N–H and O–H groups in total. The predicted octanol–water partition coefficient (Wildman–Crippen LogP) is -4.65. The van der Waals surface area contributed by atoms with E-state index >= 15 is 0 Å². The first-order valence-corrected chi connectivity index (χ1v) is 17.9. The van der Waals surface area contributed by atoms with Crippen LogP contribution in [-0.4, -0.2) is 191 Å². The second-order valence-corrected chi connectivity index (χ2v) is 14.9. The maximum absolute atomic E-state index is 13.4. The van der Waals surface area contributed by atoms with Gasteiger partial charge in [-0.3, -0.25) is 24.2 Å². The van der Waals surface area contributed by atoms with Crippen LogP contribution in [0.5, 0.6) is 0 Å². The third-order valence-electron chi connectivity index (χ3n) is 10.6. The number of rotatable bonds is 12. The van der Waals surface area contributed by atoms with Gasteiger partial charge in [-0.25, -0.2) is 0 Å². The number of piperazine rings is 2. The Bertz CT molecular complexity index is 1150. The van der Waals surface area contributed by atoms with Crippen molar-refractivity contribution < 1.29 is 49.0 Å². The molecule has 266 valence electrons. The van der Waals surface area contributed by atoms with Crippen LogP contribution in [0, 0.1) is 0 Å². The Morgan fingerprint density at radius 3 is 2.13 bits per heavy atom. The summed E-state index contributed by atoms with van der Waals surface area (Å²) < 4.78 is 18.3. The minimum Gasteiger partial charge on any atom is -0.389 e. The molecule has 6 heterocycles. The molecule has 0 aromatic carbocycles. The number of ether oxygens (including phenoxy) is 3. The average molecular weight is 687 g/mol. The van der Waals surface area contributed by atoms with Crippen molar-refractivity contribution in [2.24, 2.45) is 0 Å². The fraction of sp³-hybridized carbons (Fsp3) is 0.900. The normalized spacial score (nSPS) is 41.4. The highest BCUT2D eigenvalue weighted by Gasteiger charge is 2.61. The Balaban J connectivity index is 1.04. The highest BCUT2D eigenvalue weighted by molar-refractivity contribution is 8.01. The minimum absolute atomic E-state index is 0.0128. The molecule has 6 aliphatic heterocycles. The minimum atomic E-state index is -1.62. The van der Waals surface area contributed by atoms with E-state index in [0.717, 1.165) is 51.0 Å². The zero-order valence-corrected chi connectivity index (χ0v) is 27.7. The lowest BCUT2D eigenvalue weighted by Crippen LogP contribution is -2.69. The highest BCUT2D eigenvalue weighted by atomic mass is 32.2. The Morgan fingerprint density at radius 2 is 1.49 bits per heavy atom. The van der Waals surface area contributed by atoms with Gasteiger partial charge in [0.1, 0.15) is 41.9 Å². The number of hydrogen-bond acceptors (Lipinski definition) is 15. The van der Waals surface area contributed by atoms with Crippen molar-refractivity contribution in [2.75, 3.05) is 77.8 Å². The first-order chi connectivity index (χ1) is 22.5. The molecule has 0 radical (unpaired) electrons. The molecule has 6 fully saturated rings. The van der Waals surface area contributed by atoms with Gasteiger partial charge in [0, 0.05) is 65.3 Å². The first kappa shape index (κ1) is 35.3. The Labute approximate surface area is 278 Å². The van der Waals surface area contributed by atoms with Crippen molar-refractivity contribution in [3.8, 4) is 0 Å². The van der Waals surface area contributed by atoms with Crippen LogP contribution in [0.2, 0.25) is 0 Å². The molecular weight excluding hydrogens is 636 g/mol. The molecule has 6 aliphatic rings. The quantitative estimate of drug-likeness (QED) is 0.0970. The van der Waals surface area contributed by atoms with Crippen LogP contribution >= 0.6 is 11.8 Å². The molecule has 6 saturated heterocycles. The second-order valence-electron chi connectivity index (χ2n) is 13.7. The number of thioether (sulfide) groups is 1. The van der Waals surface area contributed by atoms with Gasteiger partial charge in [0.25, 0.3) is 0 Å². The number of nitrogens with one attached hydrogen (secondary N) is 4. The average Bonchev–Trinajstić information content (AvgIpc) is 3.66. The van der Waals surface area contributed by atoms with Gasteiger partial charge in [0.15, 0.2) is 0 Å². The zero-order chi connectivity index (χ0) is 33.3. The SMILES string of the molecule is CC(=O)CSC(CC(=O)NC[C@@]12OC[C@H](O1)[C@H](N1CCNCC1)[C@@H](O)[C@H]2O)C(=O)NC[C@@]12CC[C@@H](O1)[C@H](N1CCNCC1)[C@@H](O)[C@H]2O. The number of aliphatic hydroxyl groups is 4. The van der Waals surface area contributed by atoms with Crippen LogP contribution in [0.25, 0.3) is 0 Å². The number of carbonyl (C=O) groups excluding carboxylic acids is 3. The fourth-order valence-corrected chi connectivity index (χ4v) is 9.01. The van der Waals surface area contributed by atoms with Crippen LogP contribution in [0.3, 0.4) is 0 Å². The monoisotopic (exact) mass is 686 g/mol. The first-order valence-electron chi connectivity index (χ1n) is 16.8. The van der Waals surface area contributed by atoms with Crippen LogP contribution in [0.1, 0.15) is 26.2 Å². The van der Waals surface area contributed by atoms with E-state index in [1.807, 2.05) is 0 Å². The van der Waals surface area contributed by atoms with E-state index in [2.05, 4.69) is 31.1 Å². The van der Waals surface area contributed by atoms with E-state index in [0.29, 0.717) is 25.9 Å². The smallest absolute Gasteiger partial charge is 0.233 e. The molecule has 16 nitrogen and oxygen atoms in total. The van der Waals surface area contributed by atoms with E-state index < -0.39 is 65.0 Å². The number of aliphatic hydroxyl groups excluding tert-OH is 4. The van der Waals surface area contributed by atoms with Gasteiger partial charge in [-0.2, -0.15) is 0 Å². The van der Waals surface area contributed by atoms with E-state index in [1.54, 1.807) is 0 Å². The molecule has 0 saturated carbocycles. The van der Waals surface area contributed by atoms with Gasteiger partial charge in [-0.15, -0.1) is 11.8 Å². The molecule has 0 spiro atoms. The molecule has 2 amide bonds. The molecule has 4 bridgehead atoms. The number of Topliss-reactive ketones (excluding diaryl/α,β-unsaturated/α-hetero) is 1. The Morgan fingerprint density at radius 1 is 0.872 bits per heavy atom. The number of fused-ring (bicyclic) bond motifs is 4. The lowest BCUT2D eigenvalue weighted by molar-refractivity contribution is -0.283. The summed E-state index contributed by atoms with van der Waals surface area (Å²) in [6.07, 6.45) is -4.77. The van der Waals surface area contributed by atoms with Gasteiger partial charge in [0.2, 0.25) is 17.6 Å². The third-order valence-corrected chi connectivity index (χ3v) is 11.9. The summed E-state index contributed by atoms with van der Waals surface area (Å²) in [7, 11) is 0. The van der Waals surface area contributed by atoms with Crippen molar-refractivity contribution in [1.82, 2.24) is 31.1 Å². The van der Waals surface area contributed by atoms with Crippen molar-refractivity contribution in [3.63, 3.8) is 0 Å². The van der Waals surface area contributed by atoms with Crippen molar-refractivity contribution in [3.05, 3.63) is 0 Å². The topological polar surface area (TPSA) is 214 Å². The van der Waals surface area contributed by atoms with E-state index in [-0.39, 0.29) is 49.8 Å². The van der Waals surface area contributed by atoms with Gasteiger partial charge in [-0.05, 0) is 19.8 Å². The number of hydrogen-bond donors (Lipinski definition) is 8. The highest BCUT2D eigenvalue weighted by Crippen LogP contribution is 2.43. The maximum Gasteiger partial charge on any atom is 0.233 e. The standard InChI is InChI=1S/C30H50N6O10S/c1-17(37)14-47-20(28(43)34-15-29-3-2-18(45-29)22(24(39)26(29)41)35-8-4-31-5-9-35)12-21(38)33-16-30-27(42)25(40)23(19(46-30)13-44-30)36-10-6-32-7-11-36/h18-20,22-27,31-32,39-42H,2-16H2,1H3,(H,33,38)(H,34,43)/t18-,19+,20?,22+,23+,24-,25-,26-,27-,29-,30-/m1/s1. The summed E-state index contributed by atoms with van der Waals surface area (Å²) >= 11 is 1.03. The molecular formula is C30H50N6O10S. The summed E-state index contributed by atoms with van der Waals surface area (Å²) in [5.74, 6) is -2.80. The van der Waals surface area contributed by atoms with Gasteiger partial charge >= 0.3 is 0 Å². The third kappa shape index (κ3) is 7.23. The Kier molecular flexibility index (Phi) is 11.1. The second kappa shape index (κ2) is 14.8. The summed E-state index contributed by atoms with van der Waals surface area (Å²) in [4.78, 5) is 42.6. The van der Waals surface area contributed by atoms with Crippen LogP contribution in [0.4, 0.5) is 0 Å². The molecule has 17 heteroatoms. The van der Waals surface area contributed by atoms with Crippen LogP contribution < -0.4 is 21.3 Å². The summed E-state index contributed by atoms with van der Waals surface area (Å²) in [5, 5.41) is 55.6. The summed E-state index contributed by atoms with van der Waals surface area (Å²) in [6, 6.07) is -0.773. The zero-order valence-electron chi connectivity index (χ0n) is 26.8. The predicted molar refractivity (Wildman–Crippen MR) is 168 cm³/mol. The van der Waals surface area contributed by atoms with Gasteiger partial charge in [-0.1, -0.05) is 0 Å². The number of nitrogens with zero attached hydrogens (tertiary/aromatic N) is 2. The van der Waals surface area contributed by atoms with E-state index in [4.69, 9.17) is 14.2 Å². The largest absolute Gasteiger partial charge is 0.389 e. The fourth-order valence-electron chi connectivity index (χ4n) is 8.07. The number of ketones is 1. The van der Waals surface area contributed by atoms with E-state index in [1.165, 1.54) is 6.92 Å². The van der Waals surface area contributed by atoms with Crippen molar-refractivity contribution in [1.29, 1.82) is 0 Å². The van der Waals surface area contributed by atoms with Crippen LogP contribution in [0.15, 0.2) is 0 Å². The van der Waals surface area contributed by atoms with Gasteiger partial charge in [0.05, 0.1) is 42.3 Å². The van der Waals surface area contributed by atoms with Crippen molar-refractivity contribution >= 4 is 29.4 Å². The molecule has 11 atom stereocenters. The molecule has 47 heavy (non-hydrogen) atoms. The maximum atomic E-state index is 13.4. The molecule has 0 aromatic rings.